The van der Waals surface area contributed by atoms with E-state index in [2.05, 4.69) is 18.2 Å². The molecule has 0 saturated carbocycles. The van der Waals surface area contributed by atoms with Gasteiger partial charge >= 0.3 is 0 Å². The van der Waals surface area contributed by atoms with E-state index in [0.717, 1.165) is 10.9 Å². The lowest BCUT2D eigenvalue weighted by Crippen LogP contribution is -2.45. The van der Waals surface area contributed by atoms with E-state index in [0.29, 0.717) is 32.4 Å². The summed E-state index contributed by atoms with van der Waals surface area (Å²) in [4.78, 5) is 14.3. The Balaban J connectivity index is 1.75. The zero-order chi connectivity index (χ0) is 14.9. The Morgan fingerprint density at radius 2 is 1.81 bits per heavy atom. The molecule has 1 saturated heterocycles. The van der Waals surface area contributed by atoms with Crippen molar-refractivity contribution < 1.29 is 9.90 Å². The number of amides is 1. The third-order valence-electron chi connectivity index (χ3n) is 4.41. The SMILES string of the molecule is CC1(O)CCN(C(=O)Cc2cccc3ccccc23)CC1. The predicted molar refractivity (Wildman–Crippen MR) is 84.1 cm³/mol. The van der Waals surface area contributed by atoms with E-state index >= 15 is 0 Å². The van der Waals surface area contributed by atoms with Gasteiger partial charge in [-0.1, -0.05) is 42.5 Å². The van der Waals surface area contributed by atoms with E-state index in [1.165, 1.54) is 5.39 Å². The molecule has 1 N–H and O–H groups in total. The number of piperidine rings is 1. The summed E-state index contributed by atoms with van der Waals surface area (Å²) < 4.78 is 0. The van der Waals surface area contributed by atoms with Gasteiger partial charge in [0.25, 0.3) is 0 Å². The highest BCUT2D eigenvalue weighted by Crippen LogP contribution is 2.23. The van der Waals surface area contributed by atoms with Gasteiger partial charge in [0.15, 0.2) is 0 Å². The summed E-state index contributed by atoms with van der Waals surface area (Å²) in [5.41, 5.74) is 0.464. The third kappa shape index (κ3) is 3.08. The maximum atomic E-state index is 12.5. The lowest BCUT2D eigenvalue weighted by atomic mass is 9.93. The van der Waals surface area contributed by atoms with E-state index in [1.54, 1.807) is 0 Å². The second-order valence-electron chi connectivity index (χ2n) is 6.19. The van der Waals surface area contributed by atoms with Crippen LogP contribution in [0.5, 0.6) is 0 Å². The quantitative estimate of drug-likeness (QED) is 0.920. The van der Waals surface area contributed by atoms with Gasteiger partial charge < -0.3 is 10.0 Å². The van der Waals surface area contributed by atoms with Crippen LogP contribution in [0.3, 0.4) is 0 Å². The molecule has 2 aromatic carbocycles. The minimum absolute atomic E-state index is 0.154. The van der Waals surface area contributed by atoms with Crippen LogP contribution >= 0.6 is 0 Å². The predicted octanol–water partition coefficient (Wildman–Crippen LogP) is 2.76. The van der Waals surface area contributed by atoms with Gasteiger partial charge in [-0.05, 0) is 36.1 Å². The van der Waals surface area contributed by atoms with Gasteiger partial charge in [0, 0.05) is 13.1 Å². The number of nitrogens with zero attached hydrogens (tertiary/aromatic N) is 1. The Bertz CT molecular complexity index is 648. The highest BCUT2D eigenvalue weighted by Gasteiger charge is 2.29. The lowest BCUT2D eigenvalue weighted by Gasteiger charge is -2.35. The molecule has 0 spiro atoms. The Morgan fingerprint density at radius 1 is 1.14 bits per heavy atom. The molecular weight excluding hydrogens is 262 g/mol. The lowest BCUT2D eigenvalue weighted by molar-refractivity contribution is -0.134. The summed E-state index contributed by atoms with van der Waals surface area (Å²) in [6.07, 6.45) is 1.76. The van der Waals surface area contributed by atoms with Crippen LogP contribution in [0.4, 0.5) is 0 Å². The normalized spacial score (nSPS) is 17.9. The van der Waals surface area contributed by atoms with E-state index in [1.807, 2.05) is 36.1 Å². The second kappa shape index (κ2) is 5.49. The first-order valence-electron chi connectivity index (χ1n) is 7.52. The number of carbonyl (C=O) groups is 1. The van der Waals surface area contributed by atoms with Crippen molar-refractivity contribution in [2.75, 3.05) is 13.1 Å². The van der Waals surface area contributed by atoms with Crippen molar-refractivity contribution >= 4 is 16.7 Å². The minimum atomic E-state index is -0.615. The molecule has 0 aliphatic carbocycles. The molecule has 0 bridgehead atoms. The zero-order valence-corrected chi connectivity index (χ0v) is 12.4. The third-order valence-corrected chi connectivity index (χ3v) is 4.41. The number of aliphatic hydroxyl groups is 1. The Kier molecular flexibility index (Phi) is 3.68. The number of hydrogen-bond acceptors (Lipinski definition) is 2. The summed E-state index contributed by atoms with van der Waals surface area (Å²) in [5.74, 6) is 0.154. The average molecular weight is 283 g/mol. The average Bonchev–Trinajstić information content (AvgIpc) is 2.47. The molecule has 21 heavy (non-hydrogen) atoms. The molecule has 1 fully saturated rings. The fourth-order valence-electron chi connectivity index (χ4n) is 2.96. The topological polar surface area (TPSA) is 40.5 Å². The van der Waals surface area contributed by atoms with Crippen molar-refractivity contribution in [2.45, 2.75) is 31.8 Å². The van der Waals surface area contributed by atoms with Gasteiger partial charge in [0.05, 0.1) is 12.0 Å². The van der Waals surface area contributed by atoms with Gasteiger partial charge in [0.2, 0.25) is 5.91 Å². The minimum Gasteiger partial charge on any atom is -0.390 e. The molecule has 3 rings (SSSR count). The van der Waals surface area contributed by atoms with Gasteiger partial charge in [0.1, 0.15) is 0 Å². The van der Waals surface area contributed by atoms with Crippen LogP contribution in [0.2, 0.25) is 0 Å². The summed E-state index contributed by atoms with van der Waals surface area (Å²) in [6.45, 7) is 3.15. The van der Waals surface area contributed by atoms with Gasteiger partial charge in [-0.15, -0.1) is 0 Å². The fourth-order valence-corrected chi connectivity index (χ4v) is 2.96. The Hall–Kier alpha value is -1.87. The van der Waals surface area contributed by atoms with Crippen molar-refractivity contribution in [1.82, 2.24) is 4.90 Å². The first-order valence-corrected chi connectivity index (χ1v) is 7.52. The van der Waals surface area contributed by atoms with Crippen LogP contribution in [0.1, 0.15) is 25.3 Å². The number of hydrogen-bond donors (Lipinski definition) is 1. The maximum Gasteiger partial charge on any atom is 0.227 e. The second-order valence-corrected chi connectivity index (χ2v) is 6.19. The van der Waals surface area contributed by atoms with E-state index < -0.39 is 5.60 Å². The first kappa shape index (κ1) is 14.1. The number of likely N-dealkylation sites (tertiary alicyclic amines) is 1. The van der Waals surface area contributed by atoms with Crippen molar-refractivity contribution in [3.05, 3.63) is 48.0 Å². The molecule has 1 aliphatic heterocycles. The van der Waals surface area contributed by atoms with Crippen molar-refractivity contribution in [2.24, 2.45) is 0 Å². The van der Waals surface area contributed by atoms with Gasteiger partial charge in [-0.25, -0.2) is 0 Å². The van der Waals surface area contributed by atoms with Crippen molar-refractivity contribution in [3.63, 3.8) is 0 Å². The van der Waals surface area contributed by atoms with E-state index in [-0.39, 0.29) is 5.91 Å². The maximum absolute atomic E-state index is 12.5. The molecular formula is C18H21NO2. The monoisotopic (exact) mass is 283 g/mol. The first-order chi connectivity index (χ1) is 10.1. The summed E-state index contributed by atoms with van der Waals surface area (Å²) in [7, 11) is 0. The molecule has 0 radical (unpaired) electrons. The Morgan fingerprint density at radius 3 is 2.57 bits per heavy atom. The fraction of sp³-hybridized carbons (Fsp3) is 0.389. The van der Waals surface area contributed by atoms with Crippen LogP contribution in [-0.2, 0) is 11.2 Å². The summed E-state index contributed by atoms with van der Waals surface area (Å²) >= 11 is 0. The van der Waals surface area contributed by atoms with Crippen molar-refractivity contribution in [1.29, 1.82) is 0 Å². The molecule has 0 unspecified atom stereocenters. The largest absolute Gasteiger partial charge is 0.390 e. The number of fused-ring (bicyclic) bond motifs is 1. The molecule has 3 nitrogen and oxygen atoms in total. The van der Waals surface area contributed by atoms with Crippen LogP contribution in [-0.4, -0.2) is 34.6 Å². The molecule has 2 aromatic rings. The molecule has 1 amide bonds. The zero-order valence-electron chi connectivity index (χ0n) is 12.4. The highest BCUT2D eigenvalue weighted by molar-refractivity contribution is 5.90. The molecule has 3 heteroatoms. The van der Waals surface area contributed by atoms with Crippen molar-refractivity contribution in [3.8, 4) is 0 Å². The number of carbonyl (C=O) groups excluding carboxylic acids is 1. The van der Waals surface area contributed by atoms with Crippen LogP contribution < -0.4 is 0 Å². The van der Waals surface area contributed by atoms with Crippen LogP contribution in [0, 0.1) is 0 Å². The summed E-state index contributed by atoms with van der Waals surface area (Å²) in [5, 5.41) is 12.3. The highest BCUT2D eigenvalue weighted by atomic mass is 16.3. The standard InChI is InChI=1S/C18H21NO2/c1-18(21)9-11-19(12-10-18)17(20)13-15-7-4-6-14-5-2-3-8-16(14)15/h2-8,21H,9-13H2,1H3. The molecule has 110 valence electrons. The number of benzene rings is 2. The molecule has 1 aliphatic rings. The summed E-state index contributed by atoms with van der Waals surface area (Å²) in [6, 6.07) is 14.3. The van der Waals surface area contributed by atoms with E-state index in [4.69, 9.17) is 0 Å². The molecule has 1 heterocycles. The van der Waals surface area contributed by atoms with Gasteiger partial charge in [-0.3, -0.25) is 4.79 Å². The Labute approximate surface area is 125 Å². The van der Waals surface area contributed by atoms with Crippen LogP contribution in [0.15, 0.2) is 42.5 Å². The molecule has 0 aromatic heterocycles. The number of rotatable bonds is 2. The van der Waals surface area contributed by atoms with Gasteiger partial charge in [-0.2, -0.15) is 0 Å². The smallest absolute Gasteiger partial charge is 0.227 e. The van der Waals surface area contributed by atoms with E-state index in [9.17, 15) is 9.90 Å². The van der Waals surface area contributed by atoms with Crippen LogP contribution in [0.25, 0.3) is 10.8 Å². The molecule has 0 atom stereocenters.